The van der Waals surface area contributed by atoms with Crippen LogP contribution in [0.15, 0.2) is 22.7 Å². The maximum atomic E-state index is 11.8. The Morgan fingerprint density at radius 3 is 2.57 bits per heavy atom. The molecule has 1 aliphatic heterocycles. The van der Waals surface area contributed by atoms with Crippen molar-refractivity contribution in [2.24, 2.45) is 0 Å². The minimum absolute atomic E-state index is 0.0471. The van der Waals surface area contributed by atoms with E-state index in [4.69, 9.17) is 0 Å². The van der Waals surface area contributed by atoms with Crippen LogP contribution < -0.4 is 10.6 Å². The molecule has 1 unspecified atom stereocenters. The third-order valence-corrected chi connectivity index (χ3v) is 5.85. The largest absolute Gasteiger partial charge is 0.344 e. The highest BCUT2D eigenvalue weighted by Gasteiger charge is 2.30. The lowest BCUT2D eigenvalue weighted by Gasteiger charge is -2.11. The van der Waals surface area contributed by atoms with Crippen LogP contribution in [0, 0.1) is 6.92 Å². The van der Waals surface area contributed by atoms with Gasteiger partial charge in [-0.05, 0) is 37.1 Å². The van der Waals surface area contributed by atoms with Gasteiger partial charge in [0.2, 0.25) is 0 Å². The van der Waals surface area contributed by atoms with Gasteiger partial charge < -0.3 is 10.6 Å². The third kappa shape index (κ3) is 4.28. The molecule has 0 aliphatic carbocycles. The lowest BCUT2D eigenvalue weighted by atomic mass is 10.2. The van der Waals surface area contributed by atoms with Crippen molar-refractivity contribution in [3.05, 3.63) is 28.2 Å². The van der Waals surface area contributed by atoms with Crippen molar-refractivity contribution in [2.75, 3.05) is 16.8 Å². The summed E-state index contributed by atoms with van der Waals surface area (Å²) >= 11 is 3.34. The van der Waals surface area contributed by atoms with Gasteiger partial charge in [0.05, 0.1) is 11.5 Å². The average Bonchev–Trinajstić information content (AvgIpc) is 2.73. The van der Waals surface area contributed by atoms with Crippen LogP contribution in [0.4, 0.5) is 5.69 Å². The first-order valence-electron chi connectivity index (χ1n) is 6.35. The molecule has 1 aliphatic rings. The fourth-order valence-corrected chi connectivity index (χ4v) is 3.99. The third-order valence-electron chi connectivity index (χ3n) is 3.19. The summed E-state index contributed by atoms with van der Waals surface area (Å²) in [7, 11) is -3.09. The van der Waals surface area contributed by atoms with Crippen molar-refractivity contribution in [1.29, 1.82) is 0 Å². The highest BCUT2D eigenvalue weighted by Crippen LogP contribution is 2.20. The molecular weight excluding hydrogens is 360 g/mol. The summed E-state index contributed by atoms with van der Waals surface area (Å²) in [4.78, 5) is 23.5. The molecule has 2 amide bonds. The second-order valence-corrected chi connectivity index (χ2v) is 8.07. The van der Waals surface area contributed by atoms with Gasteiger partial charge in [-0.25, -0.2) is 8.42 Å². The minimum atomic E-state index is -3.09. The van der Waals surface area contributed by atoms with Gasteiger partial charge in [-0.3, -0.25) is 9.59 Å². The molecule has 21 heavy (non-hydrogen) atoms. The van der Waals surface area contributed by atoms with Crippen molar-refractivity contribution in [3.8, 4) is 0 Å². The van der Waals surface area contributed by atoms with Crippen molar-refractivity contribution < 1.29 is 18.0 Å². The Bertz CT molecular complexity index is 687. The zero-order valence-electron chi connectivity index (χ0n) is 11.3. The first kappa shape index (κ1) is 16.0. The molecule has 0 saturated carbocycles. The molecular formula is C13H15BrN2O4S. The highest BCUT2D eigenvalue weighted by atomic mass is 79.9. The van der Waals surface area contributed by atoms with E-state index >= 15 is 0 Å². The molecule has 2 rings (SSSR count). The number of anilines is 1. The highest BCUT2D eigenvalue weighted by molar-refractivity contribution is 9.10. The number of rotatable bonds is 2. The Hall–Kier alpha value is -1.41. The molecule has 0 radical (unpaired) electrons. The Labute approximate surface area is 131 Å². The number of hydrogen-bond acceptors (Lipinski definition) is 4. The van der Waals surface area contributed by atoms with E-state index in [1.54, 1.807) is 18.2 Å². The van der Waals surface area contributed by atoms with Gasteiger partial charge in [-0.1, -0.05) is 15.9 Å². The molecule has 0 aromatic heterocycles. The van der Waals surface area contributed by atoms with E-state index in [1.165, 1.54) is 0 Å². The number of aryl methyl sites for hydroxylation is 1. The molecule has 114 valence electrons. The standard InChI is InChI=1S/C13H15BrN2O4S/c1-8-6-9(2-3-11(8)14)15-12(17)13(18)16-10-4-5-21(19,20)7-10/h2-3,6,10H,4-5,7H2,1H3,(H,15,17)(H,16,18). The van der Waals surface area contributed by atoms with E-state index in [9.17, 15) is 18.0 Å². The van der Waals surface area contributed by atoms with E-state index in [-0.39, 0.29) is 11.5 Å². The molecule has 0 bridgehead atoms. The van der Waals surface area contributed by atoms with Gasteiger partial charge in [0.15, 0.2) is 9.84 Å². The monoisotopic (exact) mass is 374 g/mol. The van der Waals surface area contributed by atoms with Gasteiger partial charge in [0, 0.05) is 16.2 Å². The summed E-state index contributed by atoms with van der Waals surface area (Å²) in [5, 5.41) is 4.92. The fraction of sp³-hybridized carbons (Fsp3) is 0.385. The van der Waals surface area contributed by atoms with E-state index in [2.05, 4.69) is 26.6 Å². The smallest absolute Gasteiger partial charge is 0.313 e. The second kappa shape index (κ2) is 6.15. The summed E-state index contributed by atoms with van der Waals surface area (Å²) in [6.07, 6.45) is 0.346. The van der Waals surface area contributed by atoms with Gasteiger partial charge in [0.25, 0.3) is 0 Å². The van der Waals surface area contributed by atoms with Gasteiger partial charge >= 0.3 is 11.8 Å². The quantitative estimate of drug-likeness (QED) is 0.755. The normalized spacial score (nSPS) is 20.0. The number of hydrogen-bond donors (Lipinski definition) is 2. The predicted octanol–water partition coefficient (Wildman–Crippen LogP) is 0.999. The fourth-order valence-electron chi connectivity index (χ4n) is 2.07. The number of carbonyl (C=O) groups excluding carboxylic acids is 2. The van der Waals surface area contributed by atoms with Crippen molar-refractivity contribution >= 4 is 43.3 Å². The molecule has 8 heteroatoms. The molecule has 0 spiro atoms. The number of benzene rings is 1. The van der Waals surface area contributed by atoms with Crippen LogP contribution in [0.25, 0.3) is 0 Å². The van der Waals surface area contributed by atoms with Crippen LogP contribution in [0.1, 0.15) is 12.0 Å². The number of amides is 2. The molecule has 1 atom stereocenters. The van der Waals surface area contributed by atoms with Gasteiger partial charge in [-0.15, -0.1) is 0 Å². The summed E-state index contributed by atoms with van der Waals surface area (Å²) in [6.45, 7) is 1.86. The lowest BCUT2D eigenvalue weighted by molar-refractivity contribution is -0.136. The molecule has 2 N–H and O–H groups in total. The minimum Gasteiger partial charge on any atom is -0.344 e. The molecule has 1 aromatic carbocycles. The van der Waals surface area contributed by atoms with Crippen LogP contribution in [-0.4, -0.2) is 37.8 Å². The van der Waals surface area contributed by atoms with Crippen LogP contribution in [0.5, 0.6) is 0 Å². The summed E-state index contributed by atoms with van der Waals surface area (Å²) in [6, 6.07) is 4.68. The van der Waals surface area contributed by atoms with Crippen molar-refractivity contribution in [2.45, 2.75) is 19.4 Å². The average molecular weight is 375 g/mol. The zero-order valence-corrected chi connectivity index (χ0v) is 13.8. The first-order valence-corrected chi connectivity index (χ1v) is 8.97. The molecule has 6 nitrogen and oxygen atoms in total. The van der Waals surface area contributed by atoms with Gasteiger partial charge in [-0.2, -0.15) is 0 Å². The predicted molar refractivity (Wildman–Crippen MR) is 82.7 cm³/mol. The molecule has 1 aromatic rings. The van der Waals surface area contributed by atoms with Crippen LogP contribution in [-0.2, 0) is 19.4 Å². The van der Waals surface area contributed by atoms with E-state index in [0.717, 1.165) is 10.0 Å². The SMILES string of the molecule is Cc1cc(NC(=O)C(=O)NC2CCS(=O)(=O)C2)ccc1Br. The molecule has 1 fully saturated rings. The van der Waals surface area contributed by atoms with E-state index in [1.807, 2.05) is 6.92 Å². The Kier molecular flexibility index (Phi) is 4.67. The number of sulfone groups is 1. The van der Waals surface area contributed by atoms with Crippen LogP contribution >= 0.6 is 15.9 Å². The van der Waals surface area contributed by atoms with Crippen molar-refractivity contribution in [3.63, 3.8) is 0 Å². The van der Waals surface area contributed by atoms with Crippen LogP contribution in [0.3, 0.4) is 0 Å². The summed E-state index contributed by atoms with van der Waals surface area (Å²) in [5.41, 5.74) is 1.44. The number of halogens is 1. The number of nitrogens with one attached hydrogen (secondary N) is 2. The Morgan fingerprint density at radius 1 is 1.29 bits per heavy atom. The maximum absolute atomic E-state index is 11.8. The van der Waals surface area contributed by atoms with E-state index in [0.29, 0.717) is 12.1 Å². The zero-order chi connectivity index (χ0) is 15.6. The Morgan fingerprint density at radius 2 is 2.00 bits per heavy atom. The number of carbonyl (C=O) groups is 2. The molecule has 1 heterocycles. The molecule has 1 saturated heterocycles. The second-order valence-electron chi connectivity index (χ2n) is 4.99. The topological polar surface area (TPSA) is 92.3 Å². The van der Waals surface area contributed by atoms with E-state index < -0.39 is 27.7 Å². The lowest BCUT2D eigenvalue weighted by Crippen LogP contribution is -2.42. The van der Waals surface area contributed by atoms with Crippen LogP contribution in [0.2, 0.25) is 0 Å². The Balaban J connectivity index is 1.94. The summed E-state index contributed by atoms with van der Waals surface area (Å²) < 4.78 is 23.5. The first-order chi connectivity index (χ1) is 9.77. The summed E-state index contributed by atoms with van der Waals surface area (Å²) in [5.74, 6) is -1.69. The van der Waals surface area contributed by atoms with Crippen molar-refractivity contribution in [1.82, 2.24) is 5.32 Å². The van der Waals surface area contributed by atoms with Gasteiger partial charge in [0.1, 0.15) is 0 Å². The maximum Gasteiger partial charge on any atom is 0.313 e.